The zero-order valence-corrected chi connectivity index (χ0v) is 11.4. The van der Waals surface area contributed by atoms with Gasteiger partial charge in [0.1, 0.15) is 23.8 Å². The molecule has 10 heteroatoms. The summed E-state index contributed by atoms with van der Waals surface area (Å²) in [7, 11) is 0. The number of rotatable bonds is 2. The van der Waals surface area contributed by atoms with Crippen molar-refractivity contribution in [3.63, 3.8) is 0 Å². The summed E-state index contributed by atoms with van der Waals surface area (Å²) < 4.78 is 6.78. The molecule has 3 heterocycles. The maximum Gasteiger partial charge on any atom is 0.225 e. The van der Waals surface area contributed by atoms with Crippen LogP contribution < -0.4 is 0 Å². The molecule has 4 atom stereocenters. The van der Waals surface area contributed by atoms with Crippen LogP contribution in [0.3, 0.4) is 0 Å². The molecule has 0 bridgehead atoms. The molecule has 1 aliphatic rings. The van der Waals surface area contributed by atoms with E-state index in [1.54, 1.807) is 0 Å². The molecule has 0 saturated carbocycles. The Bertz CT molecular complexity index is 651. The third kappa shape index (κ3) is 2.05. The number of nitrogens with zero attached hydrogens (tertiary/aromatic N) is 4. The average molecular weight is 321 g/mol. The maximum absolute atomic E-state index is 9.98. The topological polar surface area (TPSA) is 114 Å². The van der Waals surface area contributed by atoms with Gasteiger partial charge in [0, 0.05) is 0 Å². The molecule has 1 saturated heterocycles. The third-order valence-corrected chi connectivity index (χ3v) is 3.58. The quantitative estimate of drug-likeness (QED) is 0.516. The van der Waals surface area contributed by atoms with Gasteiger partial charge < -0.3 is 20.1 Å². The van der Waals surface area contributed by atoms with Crippen molar-refractivity contribution in [3.05, 3.63) is 16.8 Å². The number of ether oxygens (including phenoxy) is 1. The molecule has 0 radical (unpaired) electrons. The highest BCUT2D eigenvalue weighted by Gasteiger charge is 2.44. The number of hydrogen-bond donors (Lipinski definition) is 3. The summed E-state index contributed by atoms with van der Waals surface area (Å²) in [6.07, 6.45) is -2.94. The van der Waals surface area contributed by atoms with Crippen LogP contribution in [0.25, 0.3) is 11.2 Å². The first-order valence-electron chi connectivity index (χ1n) is 5.71. The first-order valence-corrected chi connectivity index (χ1v) is 6.46. The van der Waals surface area contributed by atoms with Gasteiger partial charge in [-0.25, -0.2) is 9.97 Å². The van der Waals surface area contributed by atoms with Crippen LogP contribution in [0.15, 0.2) is 6.33 Å². The van der Waals surface area contributed by atoms with Crippen molar-refractivity contribution in [2.24, 2.45) is 0 Å². The normalized spacial score (nSPS) is 30.2. The van der Waals surface area contributed by atoms with E-state index in [4.69, 9.17) is 33.0 Å². The molecular formula is C10H10Cl2N4O4. The lowest BCUT2D eigenvalue weighted by atomic mass is 10.1. The molecular weight excluding hydrogens is 311 g/mol. The Morgan fingerprint density at radius 3 is 2.65 bits per heavy atom. The van der Waals surface area contributed by atoms with E-state index in [9.17, 15) is 10.2 Å². The molecule has 1 fully saturated rings. The van der Waals surface area contributed by atoms with Gasteiger partial charge in [-0.3, -0.25) is 4.57 Å². The zero-order chi connectivity index (χ0) is 14.4. The zero-order valence-electron chi connectivity index (χ0n) is 9.89. The lowest BCUT2D eigenvalue weighted by Gasteiger charge is -2.16. The SMILES string of the molecule is OC[C@H]1O[C@@H](n2cnc3c(Cl)nc(Cl)nc32)[C@@H](O)[C@H]1O. The molecule has 20 heavy (non-hydrogen) atoms. The van der Waals surface area contributed by atoms with Gasteiger partial charge in [-0.2, -0.15) is 4.98 Å². The number of aromatic nitrogens is 4. The largest absolute Gasteiger partial charge is 0.394 e. The number of aliphatic hydroxyl groups is 3. The number of imidazole rings is 1. The first-order chi connectivity index (χ1) is 9.52. The minimum absolute atomic E-state index is 0.0732. The van der Waals surface area contributed by atoms with E-state index in [0.717, 1.165) is 0 Å². The van der Waals surface area contributed by atoms with Gasteiger partial charge in [0.25, 0.3) is 0 Å². The van der Waals surface area contributed by atoms with E-state index >= 15 is 0 Å². The fourth-order valence-corrected chi connectivity index (χ4v) is 2.57. The van der Waals surface area contributed by atoms with Crippen LogP contribution in [0, 0.1) is 0 Å². The molecule has 1 aliphatic heterocycles. The fraction of sp³-hybridized carbons (Fsp3) is 0.500. The van der Waals surface area contributed by atoms with Gasteiger partial charge in [-0.05, 0) is 11.6 Å². The molecule has 0 amide bonds. The highest BCUT2D eigenvalue weighted by Crippen LogP contribution is 2.32. The monoisotopic (exact) mass is 320 g/mol. The number of hydrogen-bond acceptors (Lipinski definition) is 7. The smallest absolute Gasteiger partial charge is 0.225 e. The second-order valence-electron chi connectivity index (χ2n) is 4.34. The predicted molar refractivity (Wildman–Crippen MR) is 68.4 cm³/mol. The summed E-state index contributed by atoms with van der Waals surface area (Å²) >= 11 is 11.6. The molecule has 3 N–H and O–H groups in total. The molecule has 2 aromatic heterocycles. The van der Waals surface area contributed by atoms with E-state index in [2.05, 4.69) is 15.0 Å². The van der Waals surface area contributed by atoms with Crippen LogP contribution in [0.2, 0.25) is 10.4 Å². The van der Waals surface area contributed by atoms with Gasteiger partial charge in [-0.1, -0.05) is 11.6 Å². The molecule has 3 rings (SSSR count). The van der Waals surface area contributed by atoms with Crippen LogP contribution in [0.5, 0.6) is 0 Å². The van der Waals surface area contributed by atoms with Gasteiger partial charge in [0.15, 0.2) is 17.0 Å². The van der Waals surface area contributed by atoms with E-state index in [1.165, 1.54) is 10.9 Å². The van der Waals surface area contributed by atoms with Gasteiger partial charge >= 0.3 is 0 Å². The minimum Gasteiger partial charge on any atom is -0.394 e. The number of halogens is 2. The Balaban J connectivity index is 2.07. The second-order valence-corrected chi connectivity index (χ2v) is 5.03. The summed E-state index contributed by atoms with van der Waals surface area (Å²) in [4.78, 5) is 11.8. The molecule has 0 spiro atoms. The highest BCUT2D eigenvalue weighted by molar-refractivity contribution is 6.35. The molecule has 2 aromatic rings. The summed E-state index contributed by atoms with van der Waals surface area (Å²) in [5, 5.41) is 28.8. The third-order valence-electron chi connectivity index (χ3n) is 3.14. The van der Waals surface area contributed by atoms with Gasteiger partial charge in [0.2, 0.25) is 5.28 Å². The van der Waals surface area contributed by atoms with Crippen LogP contribution in [-0.2, 0) is 4.74 Å². The van der Waals surface area contributed by atoms with Crippen LogP contribution >= 0.6 is 23.2 Å². The molecule has 0 aliphatic carbocycles. The Morgan fingerprint density at radius 2 is 2.00 bits per heavy atom. The average Bonchev–Trinajstić information content (AvgIpc) is 2.93. The summed E-state index contributed by atoms with van der Waals surface area (Å²) in [5.74, 6) is 0. The lowest BCUT2D eigenvalue weighted by molar-refractivity contribution is -0.0511. The van der Waals surface area contributed by atoms with Gasteiger partial charge in [-0.15, -0.1) is 0 Å². The van der Waals surface area contributed by atoms with Crippen molar-refractivity contribution < 1.29 is 20.1 Å². The predicted octanol–water partition coefficient (Wildman–Crippen LogP) is -0.255. The molecule has 108 valence electrons. The highest BCUT2D eigenvalue weighted by atomic mass is 35.5. The Kier molecular flexibility index (Phi) is 3.53. The van der Waals surface area contributed by atoms with Crippen LogP contribution in [0.1, 0.15) is 6.23 Å². The molecule has 8 nitrogen and oxygen atoms in total. The fourth-order valence-electron chi connectivity index (χ4n) is 2.15. The van der Waals surface area contributed by atoms with Crippen molar-refractivity contribution in [2.45, 2.75) is 24.5 Å². The summed E-state index contributed by atoms with van der Waals surface area (Å²) in [6.45, 7) is -0.419. The van der Waals surface area contributed by atoms with E-state index in [0.29, 0.717) is 5.52 Å². The molecule has 0 aromatic carbocycles. The standard InChI is InChI=1S/C10H10Cl2N4O4/c11-7-4-8(15-10(12)14-7)16(2-13-4)9-6(19)5(18)3(1-17)20-9/h2-3,5-6,9,17-19H,1H2/t3-,5+,6+,9-/m1/s1. The Labute approximate surface area is 122 Å². The van der Waals surface area contributed by atoms with Crippen molar-refractivity contribution in [1.29, 1.82) is 0 Å². The van der Waals surface area contributed by atoms with Crippen molar-refractivity contribution in [1.82, 2.24) is 19.5 Å². The Morgan fingerprint density at radius 1 is 1.25 bits per heavy atom. The second kappa shape index (κ2) is 5.06. The maximum atomic E-state index is 9.98. The van der Waals surface area contributed by atoms with Crippen molar-refractivity contribution in [2.75, 3.05) is 6.61 Å². The van der Waals surface area contributed by atoms with Crippen molar-refractivity contribution >= 4 is 34.4 Å². The van der Waals surface area contributed by atoms with E-state index < -0.39 is 31.1 Å². The molecule has 0 unspecified atom stereocenters. The van der Waals surface area contributed by atoms with E-state index in [1.807, 2.05) is 0 Å². The number of aliphatic hydroxyl groups excluding tert-OH is 3. The van der Waals surface area contributed by atoms with Crippen LogP contribution in [0.4, 0.5) is 0 Å². The van der Waals surface area contributed by atoms with Gasteiger partial charge in [0.05, 0.1) is 12.9 Å². The van der Waals surface area contributed by atoms with Crippen LogP contribution in [-0.4, -0.2) is 59.8 Å². The summed E-state index contributed by atoms with van der Waals surface area (Å²) in [5.41, 5.74) is 0.568. The summed E-state index contributed by atoms with van der Waals surface area (Å²) in [6, 6.07) is 0. The van der Waals surface area contributed by atoms with Crippen molar-refractivity contribution in [3.8, 4) is 0 Å². The number of fused-ring (bicyclic) bond motifs is 1. The lowest BCUT2D eigenvalue weighted by Crippen LogP contribution is -2.33. The Hall–Kier alpha value is -1.03. The minimum atomic E-state index is -1.24. The van der Waals surface area contributed by atoms with E-state index in [-0.39, 0.29) is 16.1 Å². The first kappa shape index (κ1) is 13.9.